The number of aromatic nitrogens is 2. The Kier molecular flexibility index (Phi) is 2.90. The van der Waals surface area contributed by atoms with E-state index in [2.05, 4.69) is 22.5 Å². The smallest absolute Gasteiger partial charge is 0.147 e. The number of imidazole rings is 1. The number of Topliss-reactive ketones (excluding diaryl/α,β-unsaturated/α-hetero) is 1. The lowest BCUT2D eigenvalue weighted by molar-refractivity contribution is -0.123. The molecular weight excluding hydrogens is 238 g/mol. The zero-order chi connectivity index (χ0) is 13.5. The predicted octanol–water partition coefficient (Wildman–Crippen LogP) is 1.91. The first-order valence-electron chi connectivity index (χ1n) is 6.88. The highest BCUT2D eigenvalue weighted by molar-refractivity contribution is 5.89. The average Bonchev–Trinajstić information content (AvgIpc) is 3.15. The second kappa shape index (κ2) is 4.46. The number of aryl methyl sites for hydroxylation is 1. The van der Waals surface area contributed by atoms with Crippen LogP contribution in [0.1, 0.15) is 25.6 Å². The second-order valence-corrected chi connectivity index (χ2v) is 5.35. The molecule has 1 fully saturated rings. The standard InChI is InChI=1S/C15H19N3O/c1-2-18-12-6-4-3-5-11(12)17-14(18)9-13(19)15(10-16)7-8-15/h3-6H,2,7-10,16H2,1H3. The van der Waals surface area contributed by atoms with Crippen LogP contribution >= 0.6 is 0 Å². The lowest BCUT2D eigenvalue weighted by Gasteiger charge is -2.11. The van der Waals surface area contributed by atoms with E-state index in [-0.39, 0.29) is 11.2 Å². The Morgan fingerprint density at radius 3 is 2.79 bits per heavy atom. The summed E-state index contributed by atoms with van der Waals surface area (Å²) < 4.78 is 2.12. The first kappa shape index (κ1) is 12.4. The first-order valence-corrected chi connectivity index (χ1v) is 6.88. The number of benzene rings is 1. The SMILES string of the molecule is CCn1c(CC(=O)C2(CN)CC2)nc2ccccc21. The van der Waals surface area contributed by atoms with Crippen LogP contribution in [0, 0.1) is 5.41 Å². The third-order valence-electron chi connectivity index (χ3n) is 4.20. The van der Waals surface area contributed by atoms with Crippen LogP contribution in [-0.2, 0) is 17.8 Å². The van der Waals surface area contributed by atoms with Crippen LogP contribution in [0.2, 0.25) is 0 Å². The second-order valence-electron chi connectivity index (χ2n) is 5.35. The van der Waals surface area contributed by atoms with Crippen LogP contribution in [0.5, 0.6) is 0 Å². The molecule has 100 valence electrons. The summed E-state index contributed by atoms with van der Waals surface area (Å²) in [5.41, 5.74) is 7.55. The van der Waals surface area contributed by atoms with Crippen molar-refractivity contribution in [1.29, 1.82) is 0 Å². The number of nitrogens with zero attached hydrogens (tertiary/aromatic N) is 2. The van der Waals surface area contributed by atoms with E-state index < -0.39 is 0 Å². The molecule has 0 aliphatic heterocycles. The van der Waals surface area contributed by atoms with Gasteiger partial charge < -0.3 is 10.3 Å². The van der Waals surface area contributed by atoms with Crippen molar-refractivity contribution in [3.8, 4) is 0 Å². The van der Waals surface area contributed by atoms with Crippen molar-refractivity contribution >= 4 is 16.8 Å². The fourth-order valence-electron chi connectivity index (χ4n) is 2.69. The molecule has 0 amide bonds. The summed E-state index contributed by atoms with van der Waals surface area (Å²) >= 11 is 0. The maximum absolute atomic E-state index is 12.3. The largest absolute Gasteiger partial charge is 0.329 e. The number of ketones is 1. The van der Waals surface area contributed by atoms with Crippen LogP contribution in [-0.4, -0.2) is 21.9 Å². The first-order chi connectivity index (χ1) is 9.20. The average molecular weight is 257 g/mol. The Balaban J connectivity index is 1.94. The van der Waals surface area contributed by atoms with Gasteiger partial charge in [0.25, 0.3) is 0 Å². The molecule has 0 saturated heterocycles. The van der Waals surface area contributed by atoms with E-state index in [0.29, 0.717) is 13.0 Å². The van der Waals surface area contributed by atoms with E-state index in [1.54, 1.807) is 0 Å². The topological polar surface area (TPSA) is 60.9 Å². The van der Waals surface area contributed by atoms with Gasteiger partial charge in [-0.3, -0.25) is 4.79 Å². The van der Waals surface area contributed by atoms with Crippen molar-refractivity contribution < 1.29 is 4.79 Å². The minimum atomic E-state index is -0.239. The van der Waals surface area contributed by atoms with Crippen LogP contribution in [0.3, 0.4) is 0 Å². The maximum Gasteiger partial charge on any atom is 0.147 e. The molecule has 1 aromatic heterocycles. The lowest BCUT2D eigenvalue weighted by atomic mass is 9.98. The molecule has 4 heteroatoms. The van der Waals surface area contributed by atoms with Gasteiger partial charge in [0.15, 0.2) is 0 Å². The van der Waals surface area contributed by atoms with Crippen LogP contribution in [0.25, 0.3) is 11.0 Å². The molecule has 0 radical (unpaired) electrons. The number of carbonyl (C=O) groups excluding carboxylic acids is 1. The number of para-hydroxylation sites is 2. The minimum absolute atomic E-state index is 0.239. The van der Waals surface area contributed by atoms with Gasteiger partial charge in [-0.05, 0) is 31.9 Å². The summed E-state index contributed by atoms with van der Waals surface area (Å²) in [5, 5.41) is 0. The monoisotopic (exact) mass is 257 g/mol. The van der Waals surface area contributed by atoms with Crippen molar-refractivity contribution in [2.75, 3.05) is 6.54 Å². The van der Waals surface area contributed by atoms with Crippen molar-refractivity contribution in [2.45, 2.75) is 32.7 Å². The predicted molar refractivity (Wildman–Crippen MR) is 74.8 cm³/mol. The van der Waals surface area contributed by atoms with E-state index in [4.69, 9.17) is 5.73 Å². The van der Waals surface area contributed by atoms with Gasteiger partial charge in [-0.15, -0.1) is 0 Å². The molecule has 0 atom stereocenters. The van der Waals surface area contributed by atoms with Crippen LogP contribution in [0.15, 0.2) is 24.3 Å². The molecule has 3 rings (SSSR count). The summed E-state index contributed by atoms with van der Waals surface area (Å²) in [6, 6.07) is 8.02. The van der Waals surface area contributed by atoms with E-state index >= 15 is 0 Å². The van der Waals surface area contributed by atoms with E-state index in [0.717, 1.165) is 36.2 Å². The maximum atomic E-state index is 12.3. The highest BCUT2D eigenvalue weighted by Crippen LogP contribution is 2.46. The molecule has 2 N–H and O–H groups in total. The van der Waals surface area contributed by atoms with Crippen molar-refractivity contribution in [2.24, 2.45) is 11.1 Å². The fraction of sp³-hybridized carbons (Fsp3) is 0.467. The van der Waals surface area contributed by atoms with Crippen LogP contribution in [0.4, 0.5) is 0 Å². The molecule has 1 heterocycles. The van der Waals surface area contributed by atoms with Gasteiger partial charge in [0.1, 0.15) is 11.6 Å². The van der Waals surface area contributed by atoms with E-state index in [1.165, 1.54) is 0 Å². The number of carbonyl (C=O) groups is 1. The number of nitrogens with two attached hydrogens (primary N) is 1. The van der Waals surface area contributed by atoms with Gasteiger partial charge in [0.05, 0.1) is 17.5 Å². The summed E-state index contributed by atoms with van der Waals surface area (Å²) in [5.74, 6) is 1.12. The lowest BCUT2D eigenvalue weighted by Crippen LogP contribution is -2.27. The van der Waals surface area contributed by atoms with Gasteiger partial charge >= 0.3 is 0 Å². The molecule has 1 aromatic carbocycles. The summed E-state index contributed by atoms with van der Waals surface area (Å²) in [6.45, 7) is 3.38. The van der Waals surface area contributed by atoms with E-state index in [9.17, 15) is 4.79 Å². The Hall–Kier alpha value is -1.68. The quantitative estimate of drug-likeness (QED) is 0.890. The van der Waals surface area contributed by atoms with Gasteiger partial charge in [-0.25, -0.2) is 4.98 Å². The van der Waals surface area contributed by atoms with Gasteiger partial charge in [-0.1, -0.05) is 12.1 Å². The number of hydrogen-bond acceptors (Lipinski definition) is 3. The van der Waals surface area contributed by atoms with Gasteiger partial charge in [0.2, 0.25) is 0 Å². The molecule has 0 bridgehead atoms. The molecule has 1 saturated carbocycles. The molecule has 2 aromatic rings. The van der Waals surface area contributed by atoms with Gasteiger partial charge in [-0.2, -0.15) is 0 Å². The molecular formula is C15H19N3O. The Morgan fingerprint density at radius 2 is 2.16 bits per heavy atom. The Labute approximate surface area is 112 Å². The van der Waals surface area contributed by atoms with Crippen molar-refractivity contribution in [3.63, 3.8) is 0 Å². The highest BCUT2D eigenvalue weighted by Gasteiger charge is 2.48. The highest BCUT2D eigenvalue weighted by atomic mass is 16.1. The summed E-state index contributed by atoms with van der Waals surface area (Å²) in [4.78, 5) is 16.9. The zero-order valence-electron chi connectivity index (χ0n) is 11.2. The molecule has 19 heavy (non-hydrogen) atoms. The molecule has 1 aliphatic rings. The zero-order valence-corrected chi connectivity index (χ0v) is 11.2. The minimum Gasteiger partial charge on any atom is -0.329 e. The third-order valence-corrected chi connectivity index (χ3v) is 4.20. The Morgan fingerprint density at radius 1 is 1.42 bits per heavy atom. The molecule has 4 nitrogen and oxygen atoms in total. The normalized spacial score (nSPS) is 16.7. The van der Waals surface area contributed by atoms with E-state index in [1.807, 2.05) is 18.2 Å². The van der Waals surface area contributed by atoms with Gasteiger partial charge in [0, 0.05) is 18.5 Å². The number of hydrogen-bond donors (Lipinski definition) is 1. The number of rotatable bonds is 5. The van der Waals surface area contributed by atoms with Crippen molar-refractivity contribution in [1.82, 2.24) is 9.55 Å². The third kappa shape index (κ3) is 1.96. The number of fused-ring (bicyclic) bond motifs is 1. The summed E-state index contributed by atoms with van der Waals surface area (Å²) in [7, 11) is 0. The van der Waals surface area contributed by atoms with Crippen molar-refractivity contribution in [3.05, 3.63) is 30.1 Å². The van der Waals surface area contributed by atoms with Crippen LogP contribution < -0.4 is 5.73 Å². The Bertz CT molecular complexity index is 625. The molecule has 1 aliphatic carbocycles. The summed E-state index contributed by atoms with van der Waals surface area (Å²) in [6.07, 6.45) is 2.28. The molecule has 0 spiro atoms. The fourth-order valence-corrected chi connectivity index (χ4v) is 2.69. The molecule has 0 unspecified atom stereocenters.